The molecule has 0 saturated carbocycles. The first-order chi connectivity index (χ1) is 9.74. The molecule has 0 unspecified atom stereocenters. The van der Waals surface area contributed by atoms with Gasteiger partial charge in [0, 0.05) is 12.7 Å². The number of hydrogen-bond acceptors (Lipinski definition) is 3. The summed E-state index contributed by atoms with van der Waals surface area (Å²) in [5.41, 5.74) is 0. The van der Waals surface area contributed by atoms with Gasteiger partial charge in [0.05, 0.1) is 6.61 Å². The normalized spacial score (nSPS) is 10.8. The van der Waals surface area contributed by atoms with E-state index in [9.17, 15) is 0 Å². The van der Waals surface area contributed by atoms with Crippen LogP contribution in [0.3, 0.4) is 0 Å². The molecule has 0 spiro atoms. The van der Waals surface area contributed by atoms with Crippen molar-refractivity contribution < 1.29 is 4.74 Å². The first-order valence-electron chi connectivity index (χ1n) is 8.05. The fourth-order valence-electron chi connectivity index (χ4n) is 2.09. The molecule has 0 saturated heterocycles. The highest BCUT2D eigenvalue weighted by Crippen LogP contribution is 2.21. The third-order valence-electron chi connectivity index (χ3n) is 3.23. The van der Waals surface area contributed by atoms with Gasteiger partial charge in [-0.2, -0.15) is 0 Å². The zero-order valence-corrected chi connectivity index (χ0v) is 13.3. The van der Waals surface area contributed by atoms with Crippen molar-refractivity contribution in [3.05, 3.63) is 18.3 Å². The van der Waals surface area contributed by atoms with E-state index in [1.54, 1.807) is 0 Å². The van der Waals surface area contributed by atoms with Crippen LogP contribution in [0.15, 0.2) is 18.3 Å². The molecule has 1 aromatic rings. The number of hydrogen-bond donors (Lipinski definition) is 1. The summed E-state index contributed by atoms with van der Waals surface area (Å²) < 4.78 is 5.68. The van der Waals surface area contributed by atoms with Crippen molar-refractivity contribution >= 4 is 5.82 Å². The molecule has 1 heterocycles. The minimum Gasteiger partial charge on any atom is -0.490 e. The van der Waals surface area contributed by atoms with E-state index in [1.807, 2.05) is 18.3 Å². The number of anilines is 1. The fourth-order valence-corrected chi connectivity index (χ4v) is 2.09. The number of pyridine rings is 1. The number of nitrogens with zero attached hydrogens (tertiary/aromatic N) is 1. The number of aromatic nitrogens is 1. The zero-order chi connectivity index (χ0) is 14.6. The van der Waals surface area contributed by atoms with Gasteiger partial charge in [0.2, 0.25) is 0 Å². The van der Waals surface area contributed by atoms with Gasteiger partial charge in [-0.15, -0.1) is 0 Å². The molecule has 114 valence electrons. The van der Waals surface area contributed by atoms with E-state index in [0.29, 0.717) is 0 Å². The van der Waals surface area contributed by atoms with Gasteiger partial charge in [0.25, 0.3) is 0 Å². The Morgan fingerprint density at radius 3 is 2.75 bits per heavy atom. The van der Waals surface area contributed by atoms with Crippen molar-refractivity contribution in [2.45, 2.75) is 59.3 Å². The fraction of sp³-hybridized carbons (Fsp3) is 0.706. The summed E-state index contributed by atoms with van der Waals surface area (Å²) in [5.74, 6) is 2.58. The van der Waals surface area contributed by atoms with Gasteiger partial charge >= 0.3 is 0 Å². The van der Waals surface area contributed by atoms with E-state index in [0.717, 1.165) is 37.1 Å². The van der Waals surface area contributed by atoms with Crippen molar-refractivity contribution in [1.82, 2.24) is 4.98 Å². The average molecular weight is 278 g/mol. The van der Waals surface area contributed by atoms with Crippen LogP contribution in [0.2, 0.25) is 0 Å². The summed E-state index contributed by atoms with van der Waals surface area (Å²) in [5, 5.41) is 3.39. The van der Waals surface area contributed by atoms with Crippen LogP contribution in [0.4, 0.5) is 5.82 Å². The summed E-state index contributed by atoms with van der Waals surface area (Å²) in [4.78, 5) is 4.35. The van der Waals surface area contributed by atoms with Gasteiger partial charge in [-0.1, -0.05) is 46.5 Å². The molecule has 3 nitrogen and oxygen atoms in total. The van der Waals surface area contributed by atoms with Crippen LogP contribution in [-0.4, -0.2) is 18.1 Å². The molecule has 1 N–H and O–H groups in total. The topological polar surface area (TPSA) is 34.1 Å². The Labute approximate surface area is 124 Å². The molecule has 0 radical (unpaired) electrons. The number of ether oxygens (including phenoxy) is 1. The van der Waals surface area contributed by atoms with E-state index in [1.165, 1.54) is 32.1 Å². The smallest absolute Gasteiger partial charge is 0.168 e. The molecule has 0 aliphatic carbocycles. The van der Waals surface area contributed by atoms with Crippen molar-refractivity contribution in [2.75, 3.05) is 18.5 Å². The van der Waals surface area contributed by atoms with Gasteiger partial charge in [0.1, 0.15) is 0 Å². The highest BCUT2D eigenvalue weighted by molar-refractivity contribution is 5.49. The molecule has 20 heavy (non-hydrogen) atoms. The second-order valence-corrected chi connectivity index (χ2v) is 5.72. The Kier molecular flexibility index (Phi) is 8.84. The Balaban J connectivity index is 2.18. The molecule has 0 aromatic carbocycles. The zero-order valence-electron chi connectivity index (χ0n) is 13.3. The van der Waals surface area contributed by atoms with Gasteiger partial charge in [-0.3, -0.25) is 0 Å². The maximum Gasteiger partial charge on any atom is 0.168 e. The Bertz CT molecular complexity index is 353. The third-order valence-corrected chi connectivity index (χ3v) is 3.23. The maximum atomic E-state index is 5.68. The lowest BCUT2D eigenvalue weighted by Gasteiger charge is -2.11. The van der Waals surface area contributed by atoms with Crippen LogP contribution >= 0.6 is 0 Å². The average Bonchev–Trinajstić information content (AvgIpc) is 2.44. The van der Waals surface area contributed by atoms with E-state index >= 15 is 0 Å². The summed E-state index contributed by atoms with van der Waals surface area (Å²) >= 11 is 0. The standard InChI is InChI=1S/C17H30N2O/c1-4-14-20-16-11-9-13-19-17(16)18-12-8-6-5-7-10-15(2)3/h9,11,13,15H,4-8,10,12,14H2,1-3H3,(H,18,19). The highest BCUT2D eigenvalue weighted by Gasteiger charge is 2.03. The number of nitrogens with one attached hydrogen (secondary N) is 1. The molecule has 0 atom stereocenters. The summed E-state index contributed by atoms with van der Waals surface area (Å²) in [6, 6.07) is 3.90. The molecule has 0 fully saturated rings. The summed E-state index contributed by atoms with van der Waals surface area (Å²) in [6.45, 7) is 8.41. The maximum absolute atomic E-state index is 5.68. The van der Waals surface area contributed by atoms with E-state index in [-0.39, 0.29) is 0 Å². The summed E-state index contributed by atoms with van der Waals surface area (Å²) in [6.07, 6.45) is 9.35. The van der Waals surface area contributed by atoms with E-state index < -0.39 is 0 Å². The van der Waals surface area contributed by atoms with Crippen LogP contribution in [0.25, 0.3) is 0 Å². The Morgan fingerprint density at radius 1 is 1.20 bits per heavy atom. The van der Waals surface area contributed by atoms with Gasteiger partial charge in [-0.25, -0.2) is 4.98 Å². The minimum absolute atomic E-state index is 0.746. The lowest BCUT2D eigenvalue weighted by molar-refractivity contribution is 0.318. The first kappa shape index (κ1) is 16.8. The van der Waals surface area contributed by atoms with Gasteiger partial charge in [-0.05, 0) is 30.9 Å². The van der Waals surface area contributed by atoms with Crippen LogP contribution in [-0.2, 0) is 0 Å². The molecule has 0 aliphatic heterocycles. The van der Waals surface area contributed by atoms with Crippen molar-refractivity contribution in [2.24, 2.45) is 5.92 Å². The number of unbranched alkanes of at least 4 members (excludes halogenated alkanes) is 3. The predicted molar refractivity (Wildman–Crippen MR) is 86.4 cm³/mol. The number of rotatable bonds is 11. The van der Waals surface area contributed by atoms with Crippen molar-refractivity contribution in [1.29, 1.82) is 0 Å². The van der Waals surface area contributed by atoms with E-state index in [4.69, 9.17) is 4.74 Å². The Hall–Kier alpha value is -1.25. The second kappa shape index (κ2) is 10.5. The van der Waals surface area contributed by atoms with Crippen LogP contribution < -0.4 is 10.1 Å². The first-order valence-corrected chi connectivity index (χ1v) is 8.05. The van der Waals surface area contributed by atoms with Gasteiger partial charge in [0.15, 0.2) is 11.6 Å². The SMILES string of the molecule is CCCOc1cccnc1NCCCCCCC(C)C. The lowest BCUT2D eigenvalue weighted by atomic mass is 10.0. The highest BCUT2D eigenvalue weighted by atomic mass is 16.5. The molecule has 0 bridgehead atoms. The monoisotopic (exact) mass is 278 g/mol. The molecule has 1 rings (SSSR count). The van der Waals surface area contributed by atoms with Crippen LogP contribution in [0.1, 0.15) is 59.3 Å². The second-order valence-electron chi connectivity index (χ2n) is 5.72. The molecular weight excluding hydrogens is 248 g/mol. The molecule has 1 aromatic heterocycles. The van der Waals surface area contributed by atoms with Crippen molar-refractivity contribution in [3.63, 3.8) is 0 Å². The summed E-state index contributed by atoms with van der Waals surface area (Å²) in [7, 11) is 0. The third kappa shape index (κ3) is 7.37. The van der Waals surface area contributed by atoms with E-state index in [2.05, 4.69) is 31.1 Å². The molecular formula is C17H30N2O. The molecule has 0 aliphatic rings. The van der Waals surface area contributed by atoms with Crippen molar-refractivity contribution in [3.8, 4) is 5.75 Å². The van der Waals surface area contributed by atoms with Crippen LogP contribution in [0, 0.1) is 5.92 Å². The largest absolute Gasteiger partial charge is 0.490 e. The van der Waals surface area contributed by atoms with Crippen LogP contribution in [0.5, 0.6) is 5.75 Å². The molecule has 3 heteroatoms. The quantitative estimate of drug-likeness (QED) is 0.585. The lowest BCUT2D eigenvalue weighted by Crippen LogP contribution is -2.06. The minimum atomic E-state index is 0.746. The molecule has 0 amide bonds. The Morgan fingerprint density at radius 2 is 2.00 bits per heavy atom. The van der Waals surface area contributed by atoms with Gasteiger partial charge < -0.3 is 10.1 Å². The predicted octanol–water partition coefficient (Wildman–Crippen LogP) is 4.89.